The molecule has 33 heavy (non-hydrogen) atoms. The topological polar surface area (TPSA) is 97.8 Å². The van der Waals surface area contributed by atoms with E-state index in [0.717, 1.165) is 41.8 Å². The van der Waals surface area contributed by atoms with Crippen LogP contribution in [0.5, 0.6) is 5.75 Å². The third kappa shape index (κ3) is 4.64. The molecule has 1 aliphatic rings. The fourth-order valence-corrected chi connectivity index (χ4v) is 5.15. The van der Waals surface area contributed by atoms with Crippen molar-refractivity contribution < 1.29 is 19.4 Å². The highest BCUT2D eigenvalue weighted by Gasteiger charge is 2.37. The van der Waals surface area contributed by atoms with Gasteiger partial charge in [-0.2, -0.15) is 0 Å². The molecule has 1 unspecified atom stereocenters. The Kier molecular flexibility index (Phi) is 7.52. The van der Waals surface area contributed by atoms with Gasteiger partial charge in [-0.15, -0.1) is 0 Å². The van der Waals surface area contributed by atoms with Crippen molar-refractivity contribution in [1.29, 1.82) is 0 Å². The number of primary amides is 1. The molecule has 0 saturated carbocycles. The molecule has 3 N–H and O–H groups in total. The van der Waals surface area contributed by atoms with Crippen LogP contribution in [-0.2, 0) is 17.3 Å². The maximum Gasteiger partial charge on any atom is 0.271 e. The van der Waals surface area contributed by atoms with E-state index in [1.54, 1.807) is 11.8 Å². The lowest BCUT2D eigenvalue weighted by molar-refractivity contribution is -0.121. The van der Waals surface area contributed by atoms with Crippen molar-refractivity contribution in [3.63, 3.8) is 0 Å². The molecule has 2 heterocycles. The number of aromatic nitrogens is 1. The van der Waals surface area contributed by atoms with E-state index in [9.17, 15) is 14.7 Å². The largest absolute Gasteiger partial charge is 0.491 e. The number of nitrogens with two attached hydrogens (primary N) is 1. The first-order valence-corrected chi connectivity index (χ1v) is 11.8. The van der Waals surface area contributed by atoms with E-state index in [1.807, 2.05) is 36.7 Å². The summed E-state index contributed by atoms with van der Waals surface area (Å²) in [7, 11) is 1.92. The molecule has 1 aliphatic heterocycles. The molecule has 1 saturated heterocycles. The van der Waals surface area contributed by atoms with E-state index in [1.165, 1.54) is 0 Å². The summed E-state index contributed by atoms with van der Waals surface area (Å²) in [6.07, 6.45) is 2.59. The Bertz CT molecular complexity index is 1010. The number of benzene rings is 1. The van der Waals surface area contributed by atoms with Crippen molar-refractivity contribution in [3.8, 4) is 5.75 Å². The molecule has 0 radical (unpaired) electrons. The number of nitrogens with zero attached hydrogens (tertiary/aromatic N) is 2. The molecule has 7 nitrogen and oxygen atoms in total. The van der Waals surface area contributed by atoms with Gasteiger partial charge in [0.15, 0.2) is 0 Å². The number of hydrogen-bond donors (Lipinski definition) is 2. The number of carbonyl (C=O) groups excluding carboxylic acids is 2. The van der Waals surface area contributed by atoms with Crippen LogP contribution in [0.3, 0.4) is 0 Å². The standard InChI is InChI=1S/C26H37N3O4/c1-6-26(7-2,19-10-12-22(17(3)15-19)33-16-18(4)30)23-13-11-21(28(23)5)25(32)29-14-8-9-20(29)24(27)31/h10-13,15,18,20,30H,6-9,14,16H2,1-5H3,(H2,27,31)/t18?,20-/m0/s1. The summed E-state index contributed by atoms with van der Waals surface area (Å²) in [6.45, 7) is 8.83. The van der Waals surface area contributed by atoms with Gasteiger partial charge < -0.3 is 25.0 Å². The number of hydrogen-bond acceptors (Lipinski definition) is 4. The number of aliphatic hydroxyl groups is 1. The number of amides is 2. The normalized spacial score (nSPS) is 17.3. The van der Waals surface area contributed by atoms with Crippen LogP contribution < -0.4 is 10.5 Å². The molecular weight excluding hydrogens is 418 g/mol. The fraction of sp³-hybridized carbons (Fsp3) is 0.538. The molecule has 180 valence electrons. The van der Waals surface area contributed by atoms with Crippen molar-refractivity contribution in [1.82, 2.24) is 9.47 Å². The number of ether oxygens (including phenoxy) is 1. The molecule has 1 aromatic carbocycles. The van der Waals surface area contributed by atoms with Gasteiger partial charge in [-0.05, 0) is 68.9 Å². The molecule has 2 atom stereocenters. The van der Waals surface area contributed by atoms with Gasteiger partial charge in [0.05, 0.1) is 6.10 Å². The Labute approximate surface area is 196 Å². The lowest BCUT2D eigenvalue weighted by atomic mass is 9.72. The molecule has 0 spiro atoms. The van der Waals surface area contributed by atoms with E-state index in [2.05, 4.69) is 26.0 Å². The number of aryl methyl sites for hydroxylation is 1. The van der Waals surface area contributed by atoms with Gasteiger partial charge >= 0.3 is 0 Å². The highest BCUT2D eigenvalue weighted by Crippen LogP contribution is 2.41. The van der Waals surface area contributed by atoms with Gasteiger partial charge in [-0.25, -0.2) is 0 Å². The van der Waals surface area contributed by atoms with Gasteiger partial charge in [0, 0.05) is 24.7 Å². The number of aliphatic hydroxyl groups excluding tert-OH is 1. The number of rotatable bonds is 9. The molecule has 0 aliphatic carbocycles. The van der Waals surface area contributed by atoms with Crippen LogP contribution in [0, 0.1) is 6.92 Å². The fourth-order valence-electron chi connectivity index (χ4n) is 5.15. The second-order valence-electron chi connectivity index (χ2n) is 9.15. The van der Waals surface area contributed by atoms with Gasteiger partial charge in [0.2, 0.25) is 5.91 Å². The van der Waals surface area contributed by atoms with Crippen LogP contribution >= 0.6 is 0 Å². The predicted octanol–water partition coefficient (Wildman–Crippen LogP) is 3.29. The van der Waals surface area contributed by atoms with E-state index in [0.29, 0.717) is 18.7 Å². The molecule has 0 bridgehead atoms. The van der Waals surface area contributed by atoms with Gasteiger partial charge in [0.25, 0.3) is 5.91 Å². The van der Waals surface area contributed by atoms with Crippen LogP contribution in [0.4, 0.5) is 0 Å². The summed E-state index contributed by atoms with van der Waals surface area (Å²) in [5.74, 6) is 0.166. The molecule has 1 fully saturated rings. The number of likely N-dealkylation sites (tertiary alicyclic amines) is 1. The first-order chi connectivity index (χ1) is 15.7. The van der Waals surface area contributed by atoms with Crippen molar-refractivity contribution in [2.45, 2.75) is 70.9 Å². The molecular formula is C26H37N3O4. The van der Waals surface area contributed by atoms with Gasteiger partial charge in [0.1, 0.15) is 24.1 Å². The zero-order valence-electron chi connectivity index (χ0n) is 20.4. The molecule has 2 aromatic rings. The average molecular weight is 456 g/mol. The second-order valence-corrected chi connectivity index (χ2v) is 9.15. The number of carbonyl (C=O) groups is 2. The van der Waals surface area contributed by atoms with Crippen LogP contribution in [0.2, 0.25) is 0 Å². The van der Waals surface area contributed by atoms with Crippen LogP contribution in [0.15, 0.2) is 30.3 Å². The highest BCUT2D eigenvalue weighted by atomic mass is 16.5. The first kappa shape index (κ1) is 24.8. The SMILES string of the molecule is CCC(CC)(c1ccc(OCC(C)O)c(C)c1)c1ccc(C(=O)N2CCC[C@H]2C(N)=O)n1C. The Balaban J connectivity index is 1.97. The highest BCUT2D eigenvalue weighted by molar-refractivity contribution is 5.96. The van der Waals surface area contributed by atoms with E-state index in [4.69, 9.17) is 10.5 Å². The summed E-state index contributed by atoms with van der Waals surface area (Å²) in [4.78, 5) is 26.7. The van der Waals surface area contributed by atoms with E-state index >= 15 is 0 Å². The second kappa shape index (κ2) is 10.00. The van der Waals surface area contributed by atoms with Gasteiger partial charge in [-0.3, -0.25) is 9.59 Å². The van der Waals surface area contributed by atoms with E-state index < -0.39 is 18.1 Å². The molecule has 1 aromatic heterocycles. The summed E-state index contributed by atoms with van der Waals surface area (Å²) in [5.41, 5.74) is 9.04. The van der Waals surface area contributed by atoms with Crippen molar-refractivity contribution in [3.05, 3.63) is 52.8 Å². The monoisotopic (exact) mass is 455 g/mol. The molecule has 7 heteroatoms. The van der Waals surface area contributed by atoms with E-state index in [-0.39, 0.29) is 17.9 Å². The summed E-state index contributed by atoms with van der Waals surface area (Å²) in [5, 5.41) is 9.53. The smallest absolute Gasteiger partial charge is 0.271 e. The lowest BCUT2D eigenvalue weighted by Gasteiger charge is -2.34. The Morgan fingerprint density at radius 2 is 1.94 bits per heavy atom. The minimum Gasteiger partial charge on any atom is -0.491 e. The average Bonchev–Trinajstić information content (AvgIpc) is 3.42. The Morgan fingerprint density at radius 3 is 2.52 bits per heavy atom. The zero-order chi connectivity index (χ0) is 24.3. The van der Waals surface area contributed by atoms with Crippen LogP contribution in [-0.4, -0.2) is 51.7 Å². The zero-order valence-corrected chi connectivity index (χ0v) is 20.4. The lowest BCUT2D eigenvalue weighted by Crippen LogP contribution is -2.44. The van der Waals surface area contributed by atoms with Gasteiger partial charge in [-0.1, -0.05) is 26.0 Å². The minimum absolute atomic E-state index is 0.149. The summed E-state index contributed by atoms with van der Waals surface area (Å²) >= 11 is 0. The summed E-state index contributed by atoms with van der Waals surface area (Å²) < 4.78 is 7.71. The summed E-state index contributed by atoms with van der Waals surface area (Å²) in [6, 6.07) is 9.54. The quantitative estimate of drug-likeness (QED) is 0.606. The predicted molar refractivity (Wildman–Crippen MR) is 128 cm³/mol. The van der Waals surface area contributed by atoms with Crippen LogP contribution in [0.25, 0.3) is 0 Å². The third-order valence-electron chi connectivity index (χ3n) is 7.09. The van der Waals surface area contributed by atoms with Crippen molar-refractivity contribution in [2.24, 2.45) is 12.8 Å². The Hall–Kier alpha value is -2.80. The third-order valence-corrected chi connectivity index (χ3v) is 7.09. The molecule has 2 amide bonds. The van der Waals surface area contributed by atoms with Crippen LogP contribution in [0.1, 0.15) is 73.8 Å². The first-order valence-electron chi connectivity index (χ1n) is 11.8. The van der Waals surface area contributed by atoms with Crippen molar-refractivity contribution >= 4 is 11.8 Å². The maximum atomic E-state index is 13.3. The molecule has 3 rings (SSSR count). The Morgan fingerprint density at radius 1 is 1.24 bits per heavy atom. The van der Waals surface area contributed by atoms with Crippen molar-refractivity contribution in [2.75, 3.05) is 13.2 Å². The minimum atomic E-state index is -0.533. The maximum absolute atomic E-state index is 13.3.